The smallest absolute Gasteiger partial charge is 0.255 e. The highest BCUT2D eigenvalue weighted by atomic mass is 16.2. The molecule has 0 fully saturated rings. The van der Waals surface area contributed by atoms with Crippen LogP contribution in [0.3, 0.4) is 0 Å². The van der Waals surface area contributed by atoms with Crippen molar-refractivity contribution in [1.82, 2.24) is 5.32 Å². The Morgan fingerprint density at radius 3 is 2.21 bits per heavy atom. The lowest BCUT2D eigenvalue weighted by Crippen LogP contribution is -2.31. The fourth-order valence-electron chi connectivity index (χ4n) is 2.97. The van der Waals surface area contributed by atoms with E-state index in [4.69, 9.17) is 0 Å². The number of nitrogens with one attached hydrogen (secondary N) is 3. The van der Waals surface area contributed by atoms with Crippen molar-refractivity contribution in [2.75, 3.05) is 10.6 Å². The van der Waals surface area contributed by atoms with Gasteiger partial charge in [-0.15, -0.1) is 0 Å². The molecule has 3 N–H and O–H groups in total. The maximum Gasteiger partial charge on any atom is 0.255 e. The molecule has 0 heterocycles. The van der Waals surface area contributed by atoms with Crippen LogP contribution in [-0.4, -0.2) is 23.8 Å². The van der Waals surface area contributed by atoms with Crippen LogP contribution < -0.4 is 16.0 Å². The van der Waals surface area contributed by atoms with Crippen LogP contribution in [-0.2, 0) is 4.79 Å². The Hall–Kier alpha value is -3.15. The summed E-state index contributed by atoms with van der Waals surface area (Å²) < 4.78 is 0. The van der Waals surface area contributed by atoms with E-state index in [1.807, 2.05) is 27.7 Å². The molecule has 2 aromatic rings. The third kappa shape index (κ3) is 6.17. The zero-order valence-corrected chi connectivity index (χ0v) is 17.4. The highest BCUT2D eigenvalue weighted by Gasteiger charge is 2.17. The molecule has 0 aliphatic rings. The third-order valence-electron chi connectivity index (χ3n) is 4.59. The van der Waals surface area contributed by atoms with Crippen LogP contribution in [0.15, 0.2) is 48.5 Å². The summed E-state index contributed by atoms with van der Waals surface area (Å²) in [5, 5.41) is 8.49. The molecule has 0 aliphatic carbocycles. The average molecular weight is 396 g/mol. The number of para-hydroxylation sites is 1. The summed E-state index contributed by atoms with van der Waals surface area (Å²) in [5.41, 5.74) is 1.79. The fraction of sp³-hybridized carbons (Fsp3) is 0.348. The first kappa shape index (κ1) is 22.1. The van der Waals surface area contributed by atoms with Gasteiger partial charge < -0.3 is 16.0 Å². The number of hydrogen-bond acceptors (Lipinski definition) is 3. The molecule has 154 valence electrons. The molecule has 29 heavy (non-hydrogen) atoms. The molecule has 0 saturated carbocycles. The SMILES string of the molecule is CCC(CC)C(=O)Nc1cccc(C(=O)Nc2ccccc2C(=O)NC(C)C)c1. The fourth-order valence-corrected chi connectivity index (χ4v) is 2.97. The Labute approximate surface area is 172 Å². The molecule has 0 saturated heterocycles. The molecule has 2 aromatic carbocycles. The minimum absolute atomic E-state index is 0.0124. The Kier molecular flexibility index (Phi) is 7.95. The lowest BCUT2D eigenvalue weighted by atomic mass is 10.0. The van der Waals surface area contributed by atoms with Crippen LogP contribution >= 0.6 is 0 Å². The van der Waals surface area contributed by atoms with E-state index in [1.165, 1.54) is 0 Å². The second-order valence-corrected chi connectivity index (χ2v) is 7.21. The predicted molar refractivity (Wildman–Crippen MR) is 116 cm³/mol. The molecule has 3 amide bonds. The zero-order chi connectivity index (χ0) is 21.4. The summed E-state index contributed by atoms with van der Waals surface area (Å²) in [7, 11) is 0. The van der Waals surface area contributed by atoms with Crippen LogP contribution in [0.25, 0.3) is 0 Å². The highest BCUT2D eigenvalue weighted by molar-refractivity contribution is 6.09. The van der Waals surface area contributed by atoms with Crippen molar-refractivity contribution in [3.63, 3.8) is 0 Å². The monoisotopic (exact) mass is 395 g/mol. The van der Waals surface area contributed by atoms with Crippen molar-refractivity contribution in [1.29, 1.82) is 0 Å². The summed E-state index contributed by atoms with van der Waals surface area (Å²) in [4.78, 5) is 37.4. The number of rotatable bonds is 8. The van der Waals surface area contributed by atoms with Gasteiger partial charge in [0.1, 0.15) is 0 Å². The molecule has 0 bridgehead atoms. The maximum atomic E-state index is 12.7. The van der Waals surface area contributed by atoms with Gasteiger partial charge in [-0.05, 0) is 57.0 Å². The number of anilines is 2. The first-order valence-electron chi connectivity index (χ1n) is 9.97. The van der Waals surface area contributed by atoms with E-state index in [0.717, 1.165) is 12.8 Å². The molecule has 0 aliphatic heterocycles. The van der Waals surface area contributed by atoms with Crippen LogP contribution in [0.4, 0.5) is 11.4 Å². The lowest BCUT2D eigenvalue weighted by molar-refractivity contribution is -0.120. The molecule has 0 aromatic heterocycles. The van der Waals surface area contributed by atoms with Gasteiger partial charge in [-0.2, -0.15) is 0 Å². The molecule has 6 heteroatoms. The van der Waals surface area contributed by atoms with Gasteiger partial charge in [-0.1, -0.05) is 32.0 Å². The summed E-state index contributed by atoms with van der Waals surface area (Å²) in [6.45, 7) is 7.70. The van der Waals surface area contributed by atoms with Crippen molar-refractivity contribution in [2.24, 2.45) is 5.92 Å². The van der Waals surface area contributed by atoms with E-state index in [-0.39, 0.29) is 29.7 Å². The number of hydrogen-bond donors (Lipinski definition) is 3. The molecule has 0 atom stereocenters. The average Bonchev–Trinajstić information content (AvgIpc) is 2.69. The number of carbonyl (C=O) groups is 3. The van der Waals surface area contributed by atoms with E-state index in [9.17, 15) is 14.4 Å². The molecular weight excluding hydrogens is 366 g/mol. The maximum absolute atomic E-state index is 12.7. The molecule has 6 nitrogen and oxygen atoms in total. The molecule has 2 rings (SSSR count). The van der Waals surface area contributed by atoms with E-state index >= 15 is 0 Å². The van der Waals surface area contributed by atoms with Gasteiger partial charge in [-0.3, -0.25) is 14.4 Å². The summed E-state index contributed by atoms with van der Waals surface area (Å²) in [6.07, 6.45) is 1.52. The van der Waals surface area contributed by atoms with Gasteiger partial charge in [0.2, 0.25) is 5.91 Å². The summed E-state index contributed by atoms with van der Waals surface area (Å²) >= 11 is 0. The van der Waals surface area contributed by atoms with Crippen molar-refractivity contribution >= 4 is 29.1 Å². The molecule has 0 spiro atoms. The quantitative estimate of drug-likeness (QED) is 0.617. The summed E-state index contributed by atoms with van der Waals surface area (Å²) in [5.74, 6) is -0.711. The topological polar surface area (TPSA) is 87.3 Å². The van der Waals surface area contributed by atoms with Crippen LogP contribution in [0.5, 0.6) is 0 Å². The van der Waals surface area contributed by atoms with E-state index in [0.29, 0.717) is 22.5 Å². The van der Waals surface area contributed by atoms with E-state index in [2.05, 4.69) is 16.0 Å². The number of amides is 3. The molecular formula is C23H29N3O3. The second kappa shape index (κ2) is 10.4. The normalized spacial score (nSPS) is 10.7. The van der Waals surface area contributed by atoms with Gasteiger partial charge in [0.05, 0.1) is 11.3 Å². The summed E-state index contributed by atoms with van der Waals surface area (Å²) in [6, 6.07) is 13.6. The van der Waals surface area contributed by atoms with Crippen molar-refractivity contribution in [3.05, 3.63) is 59.7 Å². The minimum Gasteiger partial charge on any atom is -0.350 e. The van der Waals surface area contributed by atoms with Crippen LogP contribution in [0.1, 0.15) is 61.3 Å². The largest absolute Gasteiger partial charge is 0.350 e. The Morgan fingerprint density at radius 1 is 0.862 bits per heavy atom. The highest BCUT2D eigenvalue weighted by Crippen LogP contribution is 2.19. The number of carbonyl (C=O) groups excluding carboxylic acids is 3. The van der Waals surface area contributed by atoms with E-state index < -0.39 is 0 Å². The Morgan fingerprint density at radius 2 is 1.55 bits per heavy atom. The van der Waals surface area contributed by atoms with Crippen LogP contribution in [0, 0.1) is 5.92 Å². The lowest BCUT2D eigenvalue weighted by Gasteiger charge is -2.14. The Balaban J connectivity index is 2.16. The first-order chi connectivity index (χ1) is 13.8. The second-order valence-electron chi connectivity index (χ2n) is 7.21. The van der Waals surface area contributed by atoms with Crippen molar-refractivity contribution in [3.8, 4) is 0 Å². The first-order valence-corrected chi connectivity index (χ1v) is 9.97. The molecule has 0 radical (unpaired) electrons. The van der Waals surface area contributed by atoms with Gasteiger partial charge in [0.15, 0.2) is 0 Å². The number of benzene rings is 2. The van der Waals surface area contributed by atoms with Crippen LogP contribution in [0.2, 0.25) is 0 Å². The van der Waals surface area contributed by atoms with Gasteiger partial charge >= 0.3 is 0 Å². The third-order valence-corrected chi connectivity index (χ3v) is 4.59. The predicted octanol–water partition coefficient (Wildman–Crippen LogP) is 4.45. The van der Waals surface area contributed by atoms with E-state index in [1.54, 1.807) is 48.5 Å². The van der Waals surface area contributed by atoms with Gasteiger partial charge in [0.25, 0.3) is 11.8 Å². The Bertz CT molecular complexity index is 873. The zero-order valence-electron chi connectivity index (χ0n) is 17.4. The van der Waals surface area contributed by atoms with Crippen molar-refractivity contribution in [2.45, 2.75) is 46.6 Å². The molecule has 0 unspecified atom stereocenters. The standard InChI is InChI=1S/C23H29N3O3/c1-5-16(6-2)21(27)25-18-11-9-10-17(14-18)22(28)26-20-13-8-7-12-19(20)23(29)24-15(3)4/h7-16H,5-6H2,1-4H3,(H,24,29)(H,25,27)(H,26,28). The minimum atomic E-state index is -0.353. The van der Waals surface area contributed by atoms with Gasteiger partial charge in [-0.25, -0.2) is 0 Å². The van der Waals surface area contributed by atoms with Crippen molar-refractivity contribution < 1.29 is 14.4 Å². The van der Waals surface area contributed by atoms with Gasteiger partial charge in [0, 0.05) is 23.2 Å².